The molecule has 0 bridgehead atoms. The first kappa shape index (κ1) is 24.0. The van der Waals surface area contributed by atoms with Gasteiger partial charge in [0.05, 0.1) is 6.10 Å². The standard InChI is InChI=1S/C19H29F2N3O2.HI/c1-22-19(23-9-6-15-4-5-16(20)14-18(15)21)24-10-7-17(8-11-24)26-13-3-12-25-2;/h4-5,14,17H,3,6-13H2,1-2H3,(H,22,23);1H. The Morgan fingerprint density at radius 3 is 2.63 bits per heavy atom. The zero-order valence-electron chi connectivity index (χ0n) is 16.0. The van der Waals surface area contributed by atoms with Gasteiger partial charge in [-0.05, 0) is 37.3 Å². The molecule has 2 rings (SSSR count). The number of nitrogens with zero attached hydrogens (tertiary/aromatic N) is 2. The molecular formula is C19H30F2IN3O2. The molecule has 0 aromatic heterocycles. The van der Waals surface area contributed by atoms with Crippen LogP contribution in [0.15, 0.2) is 23.2 Å². The van der Waals surface area contributed by atoms with Crippen molar-refractivity contribution in [1.82, 2.24) is 10.2 Å². The molecule has 0 unspecified atom stereocenters. The van der Waals surface area contributed by atoms with Crippen molar-refractivity contribution in [3.05, 3.63) is 35.4 Å². The first-order valence-corrected chi connectivity index (χ1v) is 9.14. The summed E-state index contributed by atoms with van der Waals surface area (Å²) in [6.45, 7) is 3.75. The highest BCUT2D eigenvalue weighted by Gasteiger charge is 2.21. The molecule has 1 aromatic carbocycles. The molecular weight excluding hydrogens is 467 g/mol. The number of aliphatic imine (C=N–C) groups is 1. The summed E-state index contributed by atoms with van der Waals surface area (Å²) >= 11 is 0. The fourth-order valence-electron chi connectivity index (χ4n) is 3.05. The Bertz CT molecular complexity index is 582. The summed E-state index contributed by atoms with van der Waals surface area (Å²) in [4.78, 5) is 6.50. The monoisotopic (exact) mass is 497 g/mol. The second-order valence-corrected chi connectivity index (χ2v) is 6.36. The molecule has 0 atom stereocenters. The van der Waals surface area contributed by atoms with E-state index in [1.54, 1.807) is 14.2 Å². The number of halogens is 3. The lowest BCUT2D eigenvalue weighted by Gasteiger charge is -2.34. The van der Waals surface area contributed by atoms with E-state index in [4.69, 9.17) is 9.47 Å². The molecule has 1 aromatic rings. The molecule has 0 amide bonds. The molecule has 0 aliphatic carbocycles. The van der Waals surface area contributed by atoms with Crippen molar-refractivity contribution in [3.8, 4) is 0 Å². The zero-order valence-corrected chi connectivity index (χ0v) is 18.4. The molecule has 1 N–H and O–H groups in total. The molecule has 0 saturated carbocycles. The maximum Gasteiger partial charge on any atom is 0.193 e. The average Bonchev–Trinajstić information content (AvgIpc) is 2.65. The number of hydrogen-bond acceptors (Lipinski definition) is 3. The van der Waals surface area contributed by atoms with Crippen molar-refractivity contribution in [2.75, 3.05) is 47.0 Å². The average molecular weight is 497 g/mol. The number of methoxy groups -OCH3 is 1. The summed E-state index contributed by atoms with van der Waals surface area (Å²) in [5.74, 6) is -0.249. The smallest absolute Gasteiger partial charge is 0.193 e. The minimum Gasteiger partial charge on any atom is -0.385 e. The molecule has 1 aliphatic rings. The number of benzene rings is 1. The van der Waals surface area contributed by atoms with Crippen molar-refractivity contribution in [2.24, 2.45) is 4.99 Å². The third-order valence-electron chi connectivity index (χ3n) is 4.49. The second-order valence-electron chi connectivity index (χ2n) is 6.36. The third kappa shape index (κ3) is 8.27. The van der Waals surface area contributed by atoms with Gasteiger partial charge in [-0.3, -0.25) is 4.99 Å². The molecule has 8 heteroatoms. The van der Waals surface area contributed by atoms with Crippen LogP contribution in [-0.2, 0) is 15.9 Å². The SMILES string of the molecule is CN=C(NCCc1ccc(F)cc1F)N1CCC(OCCCOC)CC1.I. The Hall–Kier alpha value is -1.00. The molecule has 1 fully saturated rings. The van der Waals surface area contributed by atoms with Crippen LogP contribution in [-0.4, -0.2) is 64.0 Å². The van der Waals surface area contributed by atoms with Gasteiger partial charge >= 0.3 is 0 Å². The van der Waals surface area contributed by atoms with Gasteiger partial charge in [-0.2, -0.15) is 0 Å². The number of nitrogens with one attached hydrogen (secondary N) is 1. The number of piperidine rings is 1. The molecule has 1 aliphatic heterocycles. The number of likely N-dealkylation sites (tertiary alicyclic amines) is 1. The number of ether oxygens (including phenoxy) is 2. The summed E-state index contributed by atoms with van der Waals surface area (Å²) in [7, 11) is 3.44. The summed E-state index contributed by atoms with van der Waals surface area (Å²) in [5, 5.41) is 3.26. The van der Waals surface area contributed by atoms with Crippen molar-refractivity contribution < 1.29 is 18.3 Å². The van der Waals surface area contributed by atoms with E-state index in [9.17, 15) is 8.78 Å². The Labute approximate surface area is 177 Å². The van der Waals surface area contributed by atoms with E-state index in [0.29, 0.717) is 18.5 Å². The van der Waals surface area contributed by atoms with Crippen molar-refractivity contribution in [3.63, 3.8) is 0 Å². The van der Waals surface area contributed by atoms with Crippen LogP contribution in [0.2, 0.25) is 0 Å². The van der Waals surface area contributed by atoms with Crippen LogP contribution < -0.4 is 5.32 Å². The van der Waals surface area contributed by atoms with E-state index in [2.05, 4.69) is 15.2 Å². The van der Waals surface area contributed by atoms with Gasteiger partial charge < -0.3 is 19.7 Å². The van der Waals surface area contributed by atoms with Crippen LogP contribution in [0, 0.1) is 11.6 Å². The van der Waals surface area contributed by atoms with E-state index in [0.717, 1.165) is 57.6 Å². The van der Waals surface area contributed by atoms with E-state index < -0.39 is 11.6 Å². The van der Waals surface area contributed by atoms with Crippen molar-refractivity contribution >= 4 is 29.9 Å². The summed E-state index contributed by atoms with van der Waals surface area (Å²) < 4.78 is 37.5. The maximum absolute atomic E-state index is 13.7. The highest BCUT2D eigenvalue weighted by Crippen LogP contribution is 2.14. The van der Waals surface area contributed by atoms with Crippen LogP contribution in [0.5, 0.6) is 0 Å². The minimum atomic E-state index is -0.553. The third-order valence-corrected chi connectivity index (χ3v) is 4.49. The molecule has 1 saturated heterocycles. The molecule has 154 valence electrons. The van der Waals surface area contributed by atoms with E-state index in [-0.39, 0.29) is 30.1 Å². The number of hydrogen-bond donors (Lipinski definition) is 1. The van der Waals surface area contributed by atoms with Gasteiger partial charge in [-0.15, -0.1) is 24.0 Å². The predicted molar refractivity (Wildman–Crippen MR) is 114 cm³/mol. The first-order chi connectivity index (χ1) is 12.6. The normalized spacial score (nSPS) is 15.6. The largest absolute Gasteiger partial charge is 0.385 e. The molecule has 27 heavy (non-hydrogen) atoms. The van der Waals surface area contributed by atoms with Gasteiger partial charge in [0.15, 0.2) is 5.96 Å². The van der Waals surface area contributed by atoms with Gasteiger partial charge in [0.2, 0.25) is 0 Å². The summed E-state index contributed by atoms with van der Waals surface area (Å²) in [5.41, 5.74) is 0.498. The Morgan fingerprint density at radius 2 is 2.00 bits per heavy atom. The number of rotatable bonds is 8. The van der Waals surface area contributed by atoms with Gasteiger partial charge in [0.1, 0.15) is 11.6 Å². The highest BCUT2D eigenvalue weighted by atomic mass is 127. The summed E-state index contributed by atoms with van der Waals surface area (Å²) in [6, 6.07) is 3.69. The Balaban J connectivity index is 0.00000364. The lowest BCUT2D eigenvalue weighted by atomic mass is 10.1. The predicted octanol–water partition coefficient (Wildman–Crippen LogP) is 3.22. The van der Waals surface area contributed by atoms with Crippen LogP contribution in [0.4, 0.5) is 8.78 Å². The topological polar surface area (TPSA) is 46.1 Å². The Kier molecular flexibility index (Phi) is 11.8. The Morgan fingerprint density at radius 1 is 1.26 bits per heavy atom. The molecule has 0 spiro atoms. The van der Waals surface area contributed by atoms with E-state index >= 15 is 0 Å². The molecule has 0 radical (unpaired) electrons. The molecule has 1 heterocycles. The van der Waals surface area contributed by atoms with Crippen molar-refractivity contribution in [1.29, 1.82) is 0 Å². The van der Waals surface area contributed by atoms with E-state index in [1.165, 1.54) is 12.1 Å². The first-order valence-electron chi connectivity index (χ1n) is 9.14. The fourth-order valence-corrected chi connectivity index (χ4v) is 3.05. The number of guanidine groups is 1. The fraction of sp³-hybridized carbons (Fsp3) is 0.632. The molecule has 5 nitrogen and oxygen atoms in total. The van der Waals surface area contributed by atoms with Crippen LogP contribution >= 0.6 is 24.0 Å². The quantitative estimate of drug-likeness (QED) is 0.260. The van der Waals surface area contributed by atoms with Crippen LogP contribution in [0.1, 0.15) is 24.8 Å². The lowest BCUT2D eigenvalue weighted by molar-refractivity contribution is 0.00991. The van der Waals surface area contributed by atoms with E-state index in [1.807, 2.05) is 0 Å². The second kappa shape index (κ2) is 13.2. The van der Waals surface area contributed by atoms with Crippen LogP contribution in [0.25, 0.3) is 0 Å². The van der Waals surface area contributed by atoms with Gasteiger partial charge in [-0.1, -0.05) is 6.07 Å². The minimum absolute atomic E-state index is 0. The van der Waals surface area contributed by atoms with Crippen LogP contribution in [0.3, 0.4) is 0 Å². The summed E-state index contributed by atoms with van der Waals surface area (Å²) in [6.07, 6.45) is 3.60. The van der Waals surface area contributed by atoms with Gasteiger partial charge in [0, 0.05) is 53.1 Å². The van der Waals surface area contributed by atoms with Crippen molar-refractivity contribution in [2.45, 2.75) is 31.8 Å². The lowest BCUT2D eigenvalue weighted by Crippen LogP contribution is -2.47. The zero-order chi connectivity index (χ0) is 18.8. The van der Waals surface area contributed by atoms with Gasteiger partial charge in [0.25, 0.3) is 0 Å². The maximum atomic E-state index is 13.7. The highest BCUT2D eigenvalue weighted by molar-refractivity contribution is 14.0. The van der Waals surface area contributed by atoms with Gasteiger partial charge in [-0.25, -0.2) is 8.78 Å².